The van der Waals surface area contributed by atoms with E-state index in [4.69, 9.17) is 21.7 Å². The fourth-order valence-electron chi connectivity index (χ4n) is 2.79. The summed E-state index contributed by atoms with van der Waals surface area (Å²) in [7, 11) is 3.26. The normalized spacial score (nSPS) is 16.9. The number of thiocarbonyl (C=S) groups is 1. The lowest BCUT2D eigenvalue weighted by atomic mass is 9.94. The molecule has 0 aliphatic carbocycles. The molecule has 2 rings (SSSR count). The molecule has 1 heterocycles. The van der Waals surface area contributed by atoms with Crippen LogP contribution in [0.25, 0.3) is 0 Å². The van der Waals surface area contributed by atoms with E-state index in [1.807, 2.05) is 39.0 Å². The van der Waals surface area contributed by atoms with Gasteiger partial charge in [-0.25, -0.2) is 4.79 Å². The van der Waals surface area contributed by atoms with E-state index in [1.54, 1.807) is 18.0 Å². The molecule has 1 aromatic rings. The zero-order valence-electron chi connectivity index (χ0n) is 16.9. The molecule has 7 nitrogen and oxygen atoms in total. The van der Waals surface area contributed by atoms with Crippen molar-refractivity contribution in [1.29, 1.82) is 0 Å². The lowest BCUT2D eigenvalue weighted by Gasteiger charge is -2.35. The van der Waals surface area contributed by atoms with Crippen LogP contribution in [0.2, 0.25) is 0 Å². The maximum atomic E-state index is 12.8. The summed E-state index contributed by atoms with van der Waals surface area (Å²) in [5.74, 6) is -0.403. The molecule has 152 valence electrons. The summed E-state index contributed by atoms with van der Waals surface area (Å²) in [5, 5.41) is 6.48. The summed E-state index contributed by atoms with van der Waals surface area (Å²) in [6.45, 7) is 6.11. The van der Waals surface area contributed by atoms with Gasteiger partial charge in [0.25, 0.3) is 0 Å². The number of carbonyl (C=O) groups excluding carboxylic acids is 2. The van der Waals surface area contributed by atoms with Gasteiger partial charge in [-0.3, -0.25) is 4.79 Å². The van der Waals surface area contributed by atoms with E-state index in [0.29, 0.717) is 23.0 Å². The molecule has 1 aromatic carbocycles. The number of rotatable bonds is 7. The van der Waals surface area contributed by atoms with Crippen molar-refractivity contribution in [3.63, 3.8) is 0 Å². The van der Waals surface area contributed by atoms with E-state index in [1.165, 1.54) is 7.11 Å². The average molecular weight is 406 g/mol. The summed E-state index contributed by atoms with van der Waals surface area (Å²) in [4.78, 5) is 26.4. The SMILES string of the molecule is COCC(=O)Nc1cccc([C@@H]2NC(=S)N(C)C(C)=C2C(=O)OCC(C)C)c1. The second kappa shape index (κ2) is 9.66. The van der Waals surface area contributed by atoms with E-state index in [2.05, 4.69) is 10.6 Å². The van der Waals surface area contributed by atoms with E-state index in [9.17, 15) is 9.59 Å². The molecule has 1 amide bonds. The minimum Gasteiger partial charge on any atom is -0.462 e. The molecule has 28 heavy (non-hydrogen) atoms. The molecule has 0 fully saturated rings. The average Bonchev–Trinajstić information content (AvgIpc) is 2.64. The van der Waals surface area contributed by atoms with Gasteiger partial charge in [-0.1, -0.05) is 26.0 Å². The monoisotopic (exact) mass is 405 g/mol. The maximum Gasteiger partial charge on any atom is 0.338 e. The first-order valence-corrected chi connectivity index (χ1v) is 9.46. The maximum absolute atomic E-state index is 12.8. The highest BCUT2D eigenvalue weighted by atomic mass is 32.1. The van der Waals surface area contributed by atoms with Gasteiger partial charge in [0.05, 0.1) is 18.2 Å². The minimum absolute atomic E-state index is 0.0351. The van der Waals surface area contributed by atoms with Crippen molar-refractivity contribution in [2.45, 2.75) is 26.8 Å². The zero-order valence-corrected chi connectivity index (χ0v) is 17.7. The topological polar surface area (TPSA) is 79.9 Å². The lowest BCUT2D eigenvalue weighted by Crippen LogP contribution is -2.46. The highest BCUT2D eigenvalue weighted by Crippen LogP contribution is 2.32. The Morgan fingerprint density at radius 2 is 2.07 bits per heavy atom. The molecule has 8 heteroatoms. The first kappa shape index (κ1) is 21.8. The van der Waals surface area contributed by atoms with Gasteiger partial charge in [0.2, 0.25) is 5.91 Å². The number of hydrogen-bond donors (Lipinski definition) is 2. The second-order valence-electron chi connectivity index (χ2n) is 7.04. The van der Waals surface area contributed by atoms with Crippen LogP contribution in [-0.2, 0) is 19.1 Å². The number of hydrogen-bond acceptors (Lipinski definition) is 5. The molecule has 1 atom stereocenters. The van der Waals surface area contributed by atoms with Gasteiger partial charge in [-0.05, 0) is 42.8 Å². The Morgan fingerprint density at radius 3 is 2.71 bits per heavy atom. The largest absolute Gasteiger partial charge is 0.462 e. The van der Waals surface area contributed by atoms with Crippen molar-refractivity contribution in [1.82, 2.24) is 10.2 Å². The third kappa shape index (κ3) is 5.30. The van der Waals surface area contributed by atoms with Crippen LogP contribution >= 0.6 is 12.2 Å². The van der Waals surface area contributed by atoms with E-state index < -0.39 is 6.04 Å². The number of allylic oxidation sites excluding steroid dienone is 1. The van der Waals surface area contributed by atoms with Gasteiger partial charge in [0.1, 0.15) is 6.61 Å². The summed E-state index contributed by atoms with van der Waals surface area (Å²) in [6, 6.07) is 6.80. The Morgan fingerprint density at radius 1 is 1.36 bits per heavy atom. The lowest BCUT2D eigenvalue weighted by molar-refractivity contribution is -0.140. The van der Waals surface area contributed by atoms with Gasteiger partial charge in [0, 0.05) is 25.5 Å². The van der Waals surface area contributed by atoms with Crippen molar-refractivity contribution in [3.05, 3.63) is 41.1 Å². The van der Waals surface area contributed by atoms with Gasteiger partial charge in [0.15, 0.2) is 5.11 Å². The van der Waals surface area contributed by atoms with E-state index >= 15 is 0 Å². The molecular formula is C20H27N3O4S. The minimum atomic E-state index is -0.470. The van der Waals surface area contributed by atoms with E-state index in [-0.39, 0.29) is 24.4 Å². The second-order valence-corrected chi connectivity index (χ2v) is 7.43. The Labute approximate surface area is 171 Å². The number of esters is 1. The molecule has 0 spiro atoms. The fraction of sp³-hybridized carbons (Fsp3) is 0.450. The molecular weight excluding hydrogens is 378 g/mol. The summed E-state index contributed by atoms with van der Waals surface area (Å²) < 4.78 is 10.3. The van der Waals surface area contributed by atoms with Crippen LogP contribution in [0.1, 0.15) is 32.4 Å². The van der Waals surface area contributed by atoms with Crippen LogP contribution in [0, 0.1) is 5.92 Å². The Kier molecular flexibility index (Phi) is 7.53. The van der Waals surface area contributed by atoms with Crippen molar-refractivity contribution < 1.29 is 19.1 Å². The number of anilines is 1. The number of nitrogens with one attached hydrogen (secondary N) is 2. The van der Waals surface area contributed by atoms with Gasteiger partial charge in [-0.2, -0.15) is 0 Å². The third-order valence-electron chi connectivity index (χ3n) is 4.30. The summed E-state index contributed by atoms with van der Waals surface area (Å²) >= 11 is 5.41. The molecule has 0 radical (unpaired) electrons. The highest BCUT2D eigenvalue weighted by molar-refractivity contribution is 7.80. The molecule has 0 aromatic heterocycles. The first-order chi connectivity index (χ1) is 13.2. The van der Waals surface area contributed by atoms with Gasteiger partial charge in [-0.15, -0.1) is 0 Å². The van der Waals surface area contributed by atoms with E-state index in [0.717, 1.165) is 11.3 Å². The quantitative estimate of drug-likeness (QED) is 0.533. The molecule has 2 N–H and O–H groups in total. The Balaban J connectivity index is 2.36. The van der Waals surface area contributed by atoms with Crippen LogP contribution in [0.5, 0.6) is 0 Å². The van der Waals surface area contributed by atoms with Crippen molar-refractivity contribution in [2.24, 2.45) is 5.92 Å². The fourth-order valence-corrected chi connectivity index (χ4v) is 3.05. The number of nitrogens with zero attached hydrogens (tertiary/aromatic N) is 1. The Hall–Kier alpha value is -2.45. The molecule has 0 bridgehead atoms. The van der Waals surface area contributed by atoms with Crippen molar-refractivity contribution >= 4 is 34.9 Å². The molecule has 0 saturated carbocycles. The molecule has 1 aliphatic rings. The van der Waals surface area contributed by atoms with Crippen molar-refractivity contribution in [2.75, 3.05) is 32.7 Å². The van der Waals surface area contributed by atoms with Crippen LogP contribution in [0.3, 0.4) is 0 Å². The number of ether oxygens (including phenoxy) is 2. The van der Waals surface area contributed by atoms with Crippen molar-refractivity contribution in [3.8, 4) is 0 Å². The van der Waals surface area contributed by atoms with Crippen LogP contribution in [0.15, 0.2) is 35.5 Å². The predicted octanol–water partition coefficient (Wildman–Crippen LogP) is 2.61. The number of benzene rings is 1. The predicted molar refractivity (Wildman–Crippen MR) is 112 cm³/mol. The molecule has 1 aliphatic heterocycles. The summed E-state index contributed by atoms with van der Waals surface area (Å²) in [6.07, 6.45) is 0. The first-order valence-electron chi connectivity index (χ1n) is 9.05. The summed E-state index contributed by atoms with van der Waals surface area (Å²) in [5.41, 5.74) is 2.63. The zero-order chi connectivity index (χ0) is 20.8. The number of amides is 1. The Bertz CT molecular complexity index is 791. The third-order valence-corrected chi connectivity index (χ3v) is 4.69. The molecule has 0 unspecified atom stereocenters. The van der Waals surface area contributed by atoms with Crippen LogP contribution < -0.4 is 10.6 Å². The van der Waals surface area contributed by atoms with Gasteiger partial charge < -0.3 is 25.0 Å². The highest BCUT2D eigenvalue weighted by Gasteiger charge is 2.33. The smallest absolute Gasteiger partial charge is 0.338 e. The molecule has 0 saturated heterocycles. The van der Waals surface area contributed by atoms with Crippen LogP contribution in [0.4, 0.5) is 5.69 Å². The number of methoxy groups -OCH3 is 1. The number of carbonyl (C=O) groups is 2. The standard InChI is InChI=1S/C20H27N3O4S/c1-12(2)10-27-19(25)17-13(3)23(4)20(28)22-18(17)14-7-6-8-15(9-14)21-16(24)11-26-5/h6-9,12,18H,10-11H2,1-5H3,(H,21,24)(H,22,28)/t18-/m0/s1. The van der Waals surface area contributed by atoms with Crippen LogP contribution in [-0.4, -0.2) is 49.3 Å². The van der Waals surface area contributed by atoms with Gasteiger partial charge >= 0.3 is 5.97 Å².